The van der Waals surface area contributed by atoms with Crippen molar-refractivity contribution in [1.82, 2.24) is 0 Å². The van der Waals surface area contributed by atoms with Crippen LogP contribution in [0.5, 0.6) is 5.75 Å². The number of cyclic esters (lactones) is 1. The van der Waals surface area contributed by atoms with Crippen LogP contribution in [0.2, 0.25) is 0 Å². The number of methoxy groups -OCH3 is 1. The highest BCUT2D eigenvalue weighted by Crippen LogP contribution is 2.28. The molecule has 0 fully saturated rings. The smallest absolute Gasteiger partial charge is 0.343 e. The van der Waals surface area contributed by atoms with Crippen LogP contribution in [0.15, 0.2) is 60.2 Å². The first-order valence-corrected chi connectivity index (χ1v) is 7.97. The second kappa shape index (κ2) is 6.75. The lowest BCUT2D eigenvalue weighted by Crippen LogP contribution is -1.97. The zero-order valence-corrected chi connectivity index (χ0v) is 14.1. The van der Waals surface area contributed by atoms with Crippen molar-refractivity contribution in [2.75, 3.05) is 7.11 Å². The minimum Gasteiger partial charge on any atom is -0.497 e. The second-order valence-electron chi connectivity index (χ2n) is 6.05. The molecule has 0 amide bonds. The standard InChI is InChI=1S/C21H20O3/c1-14(2)16-6-8-17(9-7-16)20-13-18(21(22)24-20)12-15-4-10-19(23-3)11-5-15/h4-14H,1-3H3/b18-12+. The fourth-order valence-electron chi connectivity index (χ4n) is 2.54. The van der Waals surface area contributed by atoms with Gasteiger partial charge in [0.05, 0.1) is 12.7 Å². The fraction of sp³-hybridized carbons (Fsp3) is 0.190. The summed E-state index contributed by atoms with van der Waals surface area (Å²) in [7, 11) is 1.63. The zero-order chi connectivity index (χ0) is 17.1. The molecular formula is C21H20O3. The molecule has 3 heteroatoms. The first kappa shape index (κ1) is 16.1. The quantitative estimate of drug-likeness (QED) is 0.599. The molecule has 3 rings (SSSR count). The minimum atomic E-state index is -0.325. The van der Waals surface area contributed by atoms with Gasteiger partial charge in [0.2, 0.25) is 0 Å². The van der Waals surface area contributed by atoms with Crippen molar-refractivity contribution in [2.45, 2.75) is 19.8 Å². The molecular weight excluding hydrogens is 300 g/mol. The summed E-state index contributed by atoms with van der Waals surface area (Å²) in [5.74, 6) is 1.53. The van der Waals surface area contributed by atoms with Crippen molar-refractivity contribution in [2.24, 2.45) is 0 Å². The molecule has 2 aromatic rings. The van der Waals surface area contributed by atoms with Crippen molar-refractivity contribution < 1.29 is 14.3 Å². The third-order valence-electron chi connectivity index (χ3n) is 4.02. The summed E-state index contributed by atoms with van der Waals surface area (Å²) >= 11 is 0. The highest BCUT2D eigenvalue weighted by atomic mass is 16.5. The van der Waals surface area contributed by atoms with Crippen molar-refractivity contribution >= 4 is 17.8 Å². The van der Waals surface area contributed by atoms with Crippen LogP contribution in [0.1, 0.15) is 36.5 Å². The maximum Gasteiger partial charge on any atom is 0.343 e. The van der Waals surface area contributed by atoms with Gasteiger partial charge in [-0.1, -0.05) is 50.2 Å². The molecule has 0 spiro atoms. The molecule has 1 aliphatic rings. The Morgan fingerprint density at radius 3 is 2.25 bits per heavy atom. The topological polar surface area (TPSA) is 35.5 Å². The zero-order valence-electron chi connectivity index (χ0n) is 14.1. The maximum absolute atomic E-state index is 12.1. The van der Waals surface area contributed by atoms with E-state index < -0.39 is 0 Å². The highest BCUT2D eigenvalue weighted by molar-refractivity contribution is 6.05. The summed E-state index contributed by atoms with van der Waals surface area (Å²) in [4.78, 5) is 12.1. The predicted octanol–water partition coefficient (Wildman–Crippen LogP) is 4.80. The van der Waals surface area contributed by atoms with Crippen LogP contribution in [0.3, 0.4) is 0 Å². The van der Waals surface area contributed by atoms with Gasteiger partial charge in [0.25, 0.3) is 0 Å². The van der Waals surface area contributed by atoms with E-state index in [9.17, 15) is 4.79 Å². The normalized spacial score (nSPS) is 15.6. The van der Waals surface area contributed by atoms with E-state index >= 15 is 0 Å². The summed E-state index contributed by atoms with van der Waals surface area (Å²) < 4.78 is 10.5. The van der Waals surface area contributed by atoms with E-state index in [0.717, 1.165) is 16.9 Å². The van der Waals surface area contributed by atoms with Gasteiger partial charge < -0.3 is 9.47 Å². The van der Waals surface area contributed by atoms with E-state index in [0.29, 0.717) is 17.3 Å². The Kier molecular flexibility index (Phi) is 4.52. The lowest BCUT2D eigenvalue weighted by molar-refractivity contribution is -0.130. The molecule has 0 saturated heterocycles. The highest BCUT2D eigenvalue weighted by Gasteiger charge is 2.22. The summed E-state index contributed by atoms with van der Waals surface area (Å²) in [6, 6.07) is 15.7. The number of carbonyl (C=O) groups excluding carboxylic acids is 1. The number of hydrogen-bond donors (Lipinski definition) is 0. The van der Waals surface area contributed by atoms with Gasteiger partial charge in [-0.15, -0.1) is 0 Å². The molecule has 0 atom stereocenters. The molecule has 122 valence electrons. The van der Waals surface area contributed by atoms with E-state index in [2.05, 4.69) is 26.0 Å². The van der Waals surface area contributed by atoms with Gasteiger partial charge in [-0.05, 0) is 41.3 Å². The molecule has 2 aromatic carbocycles. The predicted molar refractivity (Wildman–Crippen MR) is 95.6 cm³/mol. The number of rotatable bonds is 4. The summed E-state index contributed by atoms with van der Waals surface area (Å²) in [5, 5.41) is 0. The Labute approximate surface area is 142 Å². The Morgan fingerprint density at radius 1 is 1.00 bits per heavy atom. The Hall–Kier alpha value is -2.81. The van der Waals surface area contributed by atoms with E-state index in [1.807, 2.05) is 42.5 Å². The van der Waals surface area contributed by atoms with Gasteiger partial charge in [-0.25, -0.2) is 4.79 Å². The summed E-state index contributed by atoms with van der Waals surface area (Å²) in [5.41, 5.74) is 3.64. The molecule has 3 nitrogen and oxygen atoms in total. The molecule has 0 radical (unpaired) electrons. The van der Waals surface area contributed by atoms with Gasteiger partial charge in [0.15, 0.2) is 0 Å². The lowest BCUT2D eigenvalue weighted by Gasteiger charge is -2.06. The number of carbonyl (C=O) groups is 1. The largest absolute Gasteiger partial charge is 0.497 e. The van der Waals surface area contributed by atoms with Crippen LogP contribution >= 0.6 is 0 Å². The first-order valence-electron chi connectivity index (χ1n) is 7.97. The van der Waals surface area contributed by atoms with Crippen molar-refractivity contribution in [1.29, 1.82) is 0 Å². The van der Waals surface area contributed by atoms with Crippen LogP contribution in [-0.4, -0.2) is 13.1 Å². The lowest BCUT2D eigenvalue weighted by atomic mass is 10.0. The number of benzene rings is 2. The Balaban J connectivity index is 1.85. The molecule has 1 aliphatic heterocycles. The van der Waals surface area contributed by atoms with Gasteiger partial charge in [0, 0.05) is 5.56 Å². The Morgan fingerprint density at radius 2 is 1.67 bits per heavy atom. The van der Waals surface area contributed by atoms with E-state index in [4.69, 9.17) is 9.47 Å². The average molecular weight is 320 g/mol. The monoisotopic (exact) mass is 320 g/mol. The molecule has 0 bridgehead atoms. The number of esters is 1. The third-order valence-corrected chi connectivity index (χ3v) is 4.02. The maximum atomic E-state index is 12.1. The molecule has 0 aliphatic carbocycles. The van der Waals surface area contributed by atoms with Crippen LogP contribution < -0.4 is 4.74 Å². The van der Waals surface area contributed by atoms with Gasteiger partial charge in [0.1, 0.15) is 11.5 Å². The average Bonchev–Trinajstić information content (AvgIpc) is 2.96. The van der Waals surface area contributed by atoms with Crippen molar-refractivity contribution in [3.05, 3.63) is 76.9 Å². The van der Waals surface area contributed by atoms with E-state index in [1.165, 1.54) is 5.56 Å². The fourth-order valence-corrected chi connectivity index (χ4v) is 2.54. The Bertz CT molecular complexity index is 794. The van der Waals surface area contributed by atoms with Crippen LogP contribution in [-0.2, 0) is 9.53 Å². The van der Waals surface area contributed by atoms with Crippen LogP contribution in [0.25, 0.3) is 11.8 Å². The van der Waals surface area contributed by atoms with Crippen LogP contribution in [0.4, 0.5) is 0 Å². The second-order valence-corrected chi connectivity index (χ2v) is 6.05. The molecule has 24 heavy (non-hydrogen) atoms. The summed E-state index contributed by atoms with van der Waals surface area (Å²) in [6.45, 7) is 4.30. The van der Waals surface area contributed by atoms with Gasteiger partial charge in [-0.2, -0.15) is 0 Å². The number of hydrogen-bond acceptors (Lipinski definition) is 3. The SMILES string of the molecule is COc1ccc(/C=C2\C=C(c3ccc(C(C)C)cc3)OC2=O)cc1. The minimum absolute atomic E-state index is 0.325. The molecule has 0 saturated carbocycles. The molecule has 0 unspecified atom stereocenters. The number of ether oxygens (including phenoxy) is 2. The molecule has 0 aromatic heterocycles. The molecule has 0 N–H and O–H groups in total. The van der Waals surface area contributed by atoms with Gasteiger partial charge >= 0.3 is 5.97 Å². The third kappa shape index (κ3) is 3.40. The van der Waals surface area contributed by atoms with E-state index in [-0.39, 0.29) is 5.97 Å². The first-order chi connectivity index (χ1) is 11.6. The molecule has 1 heterocycles. The van der Waals surface area contributed by atoms with Crippen LogP contribution in [0, 0.1) is 0 Å². The van der Waals surface area contributed by atoms with E-state index in [1.54, 1.807) is 13.2 Å². The van der Waals surface area contributed by atoms with Crippen molar-refractivity contribution in [3.63, 3.8) is 0 Å². The van der Waals surface area contributed by atoms with Crippen molar-refractivity contribution in [3.8, 4) is 5.75 Å². The van der Waals surface area contributed by atoms with Gasteiger partial charge in [-0.3, -0.25) is 0 Å². The summed E-state index contributed by atoms with van der Waals surface area (Å²) in [6.07, 6.45) is 3.61.